The van der Waals surface area contributed by atoms with Gasteiger partial charge in [-0.3, -0.25) is 14.5 Å². The number of aromatic nitrogens is 2. The van der Waals surface area contributed by atoms with Gasteiger partial charge in [0.15, 0.2) is 0 Å². The molecule has 0 saturated carbocycles. The van der Waals surface area contributed by atoms with E-state index in [0.717, 1.165) is 40.7 Å². The molecule has 3 aromatic rings. The zero-order valence-corrected chi connectivity index (χ0v) is 20.9. The topological polar surface area (TPSA) is 127 Å². The standard InChI is InChI=1S/C25H28F3N7O3/c1-14-4-5-16(8-23(14)35-12-22(32-33-35)19-11-30-34(3)15(19)2)24(38)31-21-9-17(25(26,27)28)6-7-20(21)29-10-18(37)13-36/h4-9,11-12,18,29,32-33,36-37H,10,13H2,1-3H3,(H,31,38)/t18-/m1/s1. The summed E-state index contributed by atoms with van der Waals surface area (Å²) in [4.78, 5) is 13.1. The molecule has 1 amide bonds. The normalized spacial score (nSPS) is 14.2. The molecule has 0 unspecified atom stereocenters. The molecule has 1 aliphatic heterocycles. The molecular weight excluding hydrogens is 503 g/mol. The molecule has 1 aliphatic rings. The number of hydrogen-bond donors (Lipinski definition) is 6. The van der Waals surface area contributed by atoms with Crippen LogP contribution in [-0.2, 0) is 13.2 Å². The number of benzene rings is 2. The van der Waals surface area contributed by atoms with E-state index in [1.165, 1.54) is 0 Å². The highest BCUT2D eigenvalue weighted by atomic mass is 19.4. The van der Waals surface area contributed by atoms with Gasteiger partial charge in [0.05, 0.1) is 47.2 Å². The smallest absolute Gasteiger partial charge is 0.394 e. The maximum atomic E-state index is 13.3. The summed E-state index contributed by atoms with van der Waals surface area (Å²) in [5, 5.41) is 29.9. The number of hydrazine groups is 2. The lowest BCUT2D eigenvalue weighted by molar-refractivity contribution is -0.137. The Labute approximate surface area is 216 Å². The van der Waals surface area contributed by atoms with Crippen LogP contribution in [0.4, 0.5) is 30.2 Å². The molecule has 10 nitrogen and oxygen atoms in total. The van der Waals surface area contributed by atoms with Crippen molar-refractivity contribution in [3.05, 3.63) is 76.7 Å². The van der Waals surface area contributed by atoms with Crippen molar-refractivity contribution >= 4 is 28.7 Å². The molecule has 0 radical (unpaired) electrons. The molecule has 202 valence electrons. The van der Waals surface area contributed by atoms with Gasteiger partial charge < -0.3 is 26.3 Å². The van der Waals surface area contributed by atoms with Crippen molar-refractivity contribution in [1.82, 2.24) is 20.7 Å². The summed E-state index contributed by atoms with van der Waals surface area (Å²) in [6, 6.07) is 7.77. The highest BCUT2D eigenvalue weighted by molar-refractivity contribution is 6.06. The molecular formula is C25H28F3N7O3. The summed E-state index contributed by atoms with van der Waals surface area (Å²) in [5.41, 5.74) is 9.53. The fraction of sp³-hybridized carbons (Fsp3) is 0.280. The number of aliphatic hydroxyl groups is 2. The Morgan fingerprint density at radius 1 is 1.16 bits per heavy atom. The van der Waals surface area contributed by atoms with Crippen LogP contribution >= 0.6 is 0 Å². The van der Waals surface area contributed by atoms with E-state index in [1.807, 2.05) is 27.1 Å². The Balaban J connectivity index is 1.60. The van der Waals surface area contributed by atoms with Crippen LogP contribution in [0.3, 0.4) is 0 Å². The predicted molar refractivity (Wildman–Crippen MR) is 137 cm³/mol. The Morgan fingerprint density at radius 3 is 2.58 bits per heavy atom. The fourth-order valence-corrected chi connectivity index (χ4v) is 3.82. The number of rotatable bonds is 8. The summed E-state index contributed by atoms with van der Waals surface area (Å²) >= 11 is 0. The number of nitrogens with one attached hydrogen (secondary N) is 4. The molecule has 0 aliphatic carbocycles. The average molecular weight is 532 g/mol. The maximum Gasteiger partial charge on any atom is 0.416 e. The average Bonchev–Trinajstić information content (AvgIpc) is 3.49. The second-order valence-corrected chi connectivity index (χ2v) is 8.85. The van der Waals surface area contributed by atoms with Crippen LogP contribution < -0.4 is 26.6 Å². The van der Waals surface area contributed by atoms with Crippen molar-refractivity contribution in [2.75, 3.05) is 28.8 Å². The predicted octanol–water partition coefficient (Wildman–Crippen LogP) is 2.90. The quantitative estimate of drug-likeness (QED) is 0.262. The lowest BCUT2D eigenvalue weighted by Gasteiger charge is -2.19. The SMILES string of the molecule is Cc1ccc(C(=O)Nc2cc(C(F)(F)F)ccc2NC[C@@H](O)CO)cc1N1C=C(c2cnn(C)c2C)NN1. The van der Waals surface area contributed by atoms with E-state index in [4.69, 9.17) is 5.11 Å². The molecule has 13 heteroatoms. The number of halogens is 3. The second kappa shape index (κ2) is 10.7. The largest absolute Gasteiger partial charge is 0.416 e. The van der Waals surface area contributed by atoms with E-state index >= 15 is 0 Å². The van der Waals surface area contributed by atoms with Crippen molar-refractivity contribution in [2.45, 2.75) is 26.1 Å². The van der Waals surface area contributed by atoms with Crippen molar-refractivity contribution < 1.29 is 28.2 Å². The minimum atomic E-state index is -4.62. The third kappa shape index (κ3) is 5.74. The molecule has 6 N–H and O–H groups in total. The van der Waals surface area contributed by atoms with Crippen LogP contribution in [0.5, 0.6) is 0 Å². The van der Waals surface area contributed by atoms with E-state index in [9.17, 15) is 23.1 Å². The molecule has 0 fully saturated rings. The molecule has 0 spiro atoms. The highest BCUT2D eigenvalue weighted by Gasteiger charge is 2.31. The van der Waals surface area contributed by atoms with Gasteiger partial charge in [0.25, 0.3) is 5.91 Å². The van der Waals surface area contributed by atoms with Crippen LogP contribution in [-0.4, -0.2) is 45.2 Å². The minimum Gasteiger partial charge on any atom is -0.394 e. The van der Waals surface area contributed by atoms with Gasteiger partial charge in [0, 0.05) is 36.6 Å². The number of aryl methyl sites for hydroxylation is 2. The van der Waals surface area contributed by atoms with E-state index in [0.29, 0.717) is 5.69 Å². The van der Waals surface area contributed by atoms with Gasteiger partial charge in [-0.1, -0.05) is 6.07 Å². The van der Waals surface area contributed by atoms with Gasteiger partial charge >= 0.3 is 6.18 Å². The zero-order valence-electron chi connectivity index (χ0n) is 20.9. The molecule has 4 rings (SSSR count). The number of hydrogen-bond acceptors (Lipinski definition) is 8. The molecule has 1 atom stereocenters. The summed E-state index contributed by atoms with van der Waals surface area (Å²) in [6.07, 6.45) is -2.20. The third-order valence-corrected chi connectivity index (χ3v) is 6.16. The lowest BCUT2D eigenvalue weighted by atomic mass is 10.1. The number of carbonyl (C=O) groups excluding carboxylic acids is 1. The molecule has 2 heterocycles. The van der Waals surface area contributed by atoms with Gasteiger partial charge in [-0.05, 0) is 49.7 Å². The van der Waals surface area contributed by atoms with E-state index < -0.39 is 30.4 Å². The second-order valence-electron chi connectivity index (χ2n) is 8.85. The van der Waals surface area contributed by atoms with Gasteiger partial charge in [-0.15, -0.1) is 5.53 Å². The minimum absolute atomic E-state index is 0.118. The number of alkyl halides is 3. The Hall–Kier alpha value is -4.07. The third-order valence-electron chi connectivity index (χ3n) is 6.16. The summed E-state index contributed by atoms with van der Waals surface area (Å²) < 4.78 is 41.8. The number of nitrogens with zero attached hydrogens (tertiary/aromatic N) is 3. The first-order chi connectivity index (χ1) is 18.0. The van der Waals surface area contributed by atoms with Crippen molar-refractivity contribution in [1.29, 1.82) is 0 Å². The molecule has 2 aromatic carbocycles. The molecule has 0 bridgehead atoms. The van der Waals surface area contributed by atoms with Gasteiger partial charge in [0.2, 0.25) is 0 Å². The van der Waals surface area contributed by atoms with Crippen LogP contribution in [0.1, 0.15) is 32.7 Å². The molecule has 1 aromatic heterocycles. The Morgan fingerprint density at radius 2 is 1.92 bits per heavy atom. The van der Waals surface area contributed by atoms with Gasteiger partial charge in [0.1, 0.15) is 0 Å². The summed E-state index contributed by atoms with van der Waals surface area (Å²) in [7, 11) is 1.84. The lowest BCUT2D eigenvalue weighted by Crippen LogP contribution is -2.36. The first-order valence-corrected chi connectivity index (χ1v) is 11.7. The Kier molecular flexibility index (Phi) is 7.62. The number of aliphatic hydroxyl groups excluding tert-OH is 2. The highest BCUT2D eigenvalue weighted by Crippen LogP contribution is 2.34. The molecule has 0 saturated heterocycles. The van der Waals surface area contributed by atoms with E-state index in [2.05, 4.69) is 26.7 Å². The van der Waals surface area contributed by atoms with E-state index in [-0.39, 0.29) is 23.5 Å². The molecule has 38 heavy (non-hydrogen) atoms. The van der Waals surface area contributed by atoms with Crippen LogP contribution in [0.15, 0.2) is 48.8 Å². The van der Waals surface area contributed by atoms with Crippen molar-refractivity contribution in [2.24, 2.45) is 7.05 Å². The van der Waals surface area contributed by atoms with Gasteiger partial charge in [-0.2, -0.15) is 18.3 Å². The van der Waals surface area contributed by atoms with Crippen LogP contribution in [0.2, 0.25) is 0 Å². The van der Waals surface area contributed by atoms with Crippen LogP contribution in [0.25, 0.3) is 5.70 Å². The van der Waals surface area contributed by atoms with Crippen LogP contribution in [0, 0.1) is 13.8 Å². The monoisotopic (exact) mass is 531 g/mol. The van der Waals surface area contributed by atoms with Crippen molar-refractivity contribution in [3.63, 3.8) is 0 Å². The number of amides is 1. The number of anilines is 3. The maximum absolute atomic E-state index is 13.3. The summed E-state index contributed by atoms with van der Waals surface area (Å²) in [6.45, 7) is 3.14. The number of carbonyl (C=O) groups is 1. The van der Waals surface area contributed by atoms with Crippen molar-refractivity contribution in [3.8, 4) is 0 Å². The van der Waals surface area contributed by atoms with E-state index in [1.54, 1.807) is 34.1 Å². The zero-order chi connectivity index (χ0) is 27.6. The first kappa shape index (κ1) is 27.0. The Bertz CT molecular complexity index is 1370. The summed E-state index contributed by atoms with van der Waals surface area (Å²) in [5.74, 6) is -0.629. The first-order valence-electron chi connectivity index (χ1n) is 11.7. The van der Waals surface area contributed by atoms with Gasteiger partial charge in [-0.25, -0.2) is 0 Å². The fourth-order valence-electron chi connectivity index (χ4n) is 3.82.